The van der Waals surface area contributed by atoms with Gasteiger partial charge in [-0.15, -0.1) is 0 Å². The van der Waals surface area contributed by atoms with Crippen molar-refractivity contribution in [2.45, 2.75) is 58.4 Å². The molecule has 0 amide bonds. The van der Waals surface area contributed by atoms with Gasteiger partial charge in [-0.05, 0) is 80.3 Å². The molecule has 0 radical (unpaired) electrons. The molecule has 28 heavy (non-hydrogen) atoms. The zero-order valence-corrected chi connectivity index (χ0v) is 18.1. The first-order valence-corrected chi connectivity index (χ1v) is 11.2. The molecule has 3 rings (SSSR count). The van der Waals surface area contributed by atoms with Crippen molar-refractivity contribution < 1.29 is 0 Å². The molecule has 0 N–H and O–H groups in total. The van der Waals surface area contributed by atoms with Crippen LogP contribution in [0, 0.1) is 5.41 Å². The molecule has 1 heterocycles. The molecule has 1 nitrogen and oxygen atoms in total. The molecular formula is C26H34ClN. The van der Waals surface area contributed by atoms with Crippen LogP contribution in [-0.2, 0) is 13.0 Å². The maximum atomic E-state index is 6.16. The number of benzene rings is 2. The van der Waals surface area contributed by atoms with E-state index < -0.39 is 0 Å². The van der Waals surface area contributed by atoms with E-state index in [1.807, 2.05) is 6.07 Å². The summed E-state index contributed by atoms with van der Waals surface area (Å²) in [6.45, 7) is 10.1. The van der Waals surface area contributed by atoms with E-state index in [0.717, 1.165) is 24.7 Å². The fourth-order valence-corrected chi connectivity index (χ4v) is 4.87. The second-order valence-electron chi connectivity index (χ2n) is 8.38. The molecule has 0 bridgehead atoms. The summed E-state index contributed by atoms with van der Waals surface area (Å²) < 4.78 is 0. The standard InChI is InChI=1S/C26H34ClN/c1-3-9-22(2)26(15-8-13-23-10-5-4-6-11-23)16-18-28(19-17-26)21-24-12-7-14-25(27)20-24/h4-7,10-12,14,20H,2-3,8-9,13,15-19,21H2,1H3. The summed E-state index contributed by atoms with van der Waals surface area (Å²) in [6.07, 6.45) is 8.54. The predicted molar refractivity (Wildman–Crippen MR) is 122 cm³/mol. The largest absolute Gasteiger partial charge is 0.299 e. The van der Waals surface area contributed by atoms with Crippen LogP contribution in [0.1, 0.15) is 56.6 Å². The number of halogens is 1. The van der Waals surface area contributed by atoms with Gasteiger partial charge in [0.2, 0.25) is 0 Å². The first-order chi connectivity index (χ1) is 13.6. The number of aryl methyl sites for hydroxylation is 1. The monoisotopic (exact) mass is 395 g/mol. The average Bonchev–Trinajstić information content (AvgIpc) is 2.70. The minimum Gasteiger partial charge on any atom is -0.299 e. The molecule has 1 saturated heterocycles. The zero-order chi connectivity index (χ0) is 19.8. The second kappa shape index (κ2) is 10.3. The smallest absolute Gasteiger partial charge is 0.0409 e. The second-order valence-corrected chi connectivity index (χ2v) is 8.82. The van der Waals surface area contributed by atoms with Gasteiger partial charge in [0.1, 0.15) is 0 Å². The Hall–Kier alpha value is -1.57. The molecule has 0 atom stereocenters. The summed E-state index contributed by atoms with van der Waals surface area (Å²) in [5, 5.41) is 0.834. The van der Waals surface area contributed by atoms with Gasteiger partial charge in [-0.1, -0.05) is 79.6 Å². The first-order valence-electron chi connectivity index (χ1n) is 10.8. The van der Waals surface area contributed by atoms with Crippen LogP contribution in [0.2, 0.25) is 5.02 Å². The zero-order valence-electron chi connectivity index (χ0n) is 17.3. The Morgan fingerprint density at radius 2 is 1.75 bits per heavy atom. The van der Waals surface area contributed by atoms with Gasteiger partial charge in [-0.25, -0.2) is 0 Å². The highest BCUT2D eigenvalue weighted by Crippen LogP contribution is 2.44. The van der Waals surface area contributed by atoms with Crippen LogP contribution in [0.3, 0.4) is 0 Å². The van der Waals surface area contributed by atoms with Gasteiger partial charge < -0.3 is 0 Å². The lowest BCUT2D eigenvalue weighted by atomic mass is 9.68. The Labute approximate surface area is 176 Å². The molecule has 0 saturated carbocycles. The van der Waals surface area contributed by atoms with Crippen molar-refractivity contribution in [3.8, 4) is 0 Å². The van der Waals surface area contributed by atoms with Crippen LogP contribution in [0.5, 0.6) is 0 Å². The van der Waals surface area contributed by atoms with E-state index in [9.17, 15) is 0 Å². The van der Waals surface area contributed by atoms with Gasteiger partial charge >= 0.3 is 0 Å². The molecule has 0 unspecified atom stereocenters. The molecule has 0 aliphatic carbocycles. The van der Waals surface area contributed by atoms with Crippen LogP contribution in [0.15, 0.2) is 66.7 Å². The fraction of sp³-hybridized carbons (Fsp3) is 0.462. The number of hydrogen-bond acceptors (Lipinski definition) is 1. The van der Waals surface area contributed by atoms with Crippen molar-refractivity contribution in [3.05, 3.63) is 82.9 Å². The van der Waals surface area contributed by atoms with Crippen molar-refractivity contribution in [2.75, 3.05) is 13.1 Å². The molecule has 1 aliphatic rings. The predicted octanol–water partition coefficient (Wildman–Crippen LogP) is 7.30. The Morgan fingerprint density at radius 1 is 1.04 bits per heavy atom. The quantitative estimate of drug-likeness (QED) is 0.402. The van der Waals surface area contributed by atoms with Gasteiger partial charge in [0, 0.05) is 11.6 Å². The van der Waals surface area contributed by atoms with Crippen LogP contribution in [0.4, 0.5) is 0 Å². The van der Waals surface area contributed by atoms with Crippen LogP contribution in [0.25, 0.3) is 0 Å². The van der Waals surface area contributed by atoms with E-state index in [2.05, 4.69) is 66.9 Å². The lowest BCUT2D eigenvalue weighted by Gasteiger charge is -2.44. The van der Waals surface area contributed by atoms with Crippen molar-refractivity contribution in [2.24, 2.45) is 5.41 Å². The summed E-state index contributed by atoms with van der Waals surface area (Å²) in [6, 6.07) is 19.2. The van der Waals surface area contributed by atoms with Crippen molar-refractivity contribution >= 4 is 11.6 Å². The van der Waals surface area contributed by atoms with Crippen LogP contribution < -0.4 is 0 Å². The SMILES string of the molecule is C=C(CCC)C1(CCCc2ccccc2)CCN(Cc2cccc(Cl)c2)CC1. The van der Waals surface area contributed by atoms with Gasteiger partial charge in [0.25, 0.3) is 0 Å². The minimum atomic E-state index is 0.329. The molecule has 1 aliphatic heterocycles. The van der Waals surface area contributed by atoms with E-state index >= 15 is 0 Å². The Bertz CT molecular complexity index is 744. The molecule has 0 aromatic heterocycles. The summed E-state index contributed by atoms with van der Waals surface area (Å²) in [5.74, 6) is 0. The highest BCUT2D eigenvalue weighted by Gasteiger charge is 2.35. The molecule has 150 valence electrons. The number of rotatable bonds is 9. The molecule has 2 aromatic carbocycles. The number of likely N-dealkylation sites (tertiary alicyclic amines) is 1. The lowest BCUT2D eigenvalue weighted by Crippen LogP contribution is -2.40. The maximum Gasteiger partial charge on any atom is 0.0409 e. The average molecular weight is 396 g/mol. The van der Waals surface area contributed by atoms with Gasteiger partial charge in [0.05, 0.1) is 0 Å². The van der Waals surface area contributed by atoms with Crippen molar-refractivity contribution in [3.63, 3.8) is 0 Å². The number of allylic oxidation sites excluding steroid dienone is 1. The maximum absolute atomic E-state index is 6.16. The molecule has 1 fully saturated rings. The third kappa shape index (κ3) is 5.72. The lowest BCUT2D eigenvalue weighted by molar-refractivity contribution is 0.114. The highest BCUT2D eigenvalue weighted by molar-refractivity contribution is 6.30. The summed E-state index contributed by atoms with van der Waals surface area (Å²) >= 11 is 6.16. The molecular weight excluding hydrogens is 362 g/mol. The van der Waals surface area contributed by atoms with E-state index in [4.69, 9.17) is 11.6 Å². The summed E-state index contributed by atoms with van der Waals surface area (Å²) in [5.41, 5.74) is 4.59. The number of piperidine rings is 1. The van der Waals surface area contributed by atoms with Crippen molar-refractivity contribution in [1.29, 1.82) is 0 Å². The minimum absolute atomic E-state index is 0.329. The molecule has 2 aromatic rings. The van der Waals surface area contributed by atoms with Crippen LogP contribution in [-0.4, -0.2) is 18.0 Å². The summed E-state index contributed by atoms with van der Waals surface area (Å²) in [4.78, 5) is 2.58. The highest BCUT2D eigenvalue weighted by atomic mass is 35.5. The van der Waals surface area contributed by atoms with Crippen LogP contribution >= 0.6 is 11.6 Å². The Morgan fingerprint density at radius 3 is 2.43 bits per heavy atom. The summed E-state index contributed by atoms with van der Waals surface area (Å²) in [7, 11) is 0. The van der Waals surface area contributed by atoms with E-state index in [0.29, 0.717) is 5.41 Å². The Kier molecular flexibility index (Phi) is 7.76. The van der Waals surface area contributed by atoms with Crippen molar-refractivity contribution in [1.82, 2.24) is 4.90 Å². The number of nitrogens with zero attached hydrogens (tertiary/aromatic N) is 1. The van der Waals surface area contributed by atoms with E-state index in [-0.39, 0.29) is 0 Å². The van der Waals surface area contributed by atoms with Gasteiger partial charge in [0.15, 0.2) is 0 Å². The fourth-order valence-electron chi connectivity index (χ4n) is 4.66. The normalized spacial score (nSPS) is 16.8. The van der Waals surface area contributed by atoms with Gasteiger partial charge in [-0.3, -0.25) is 4.90 Å². The Balaban J connectivity index is 1.59. The number of hydrogen-bond donors (Lipinski definition) is 0. The molecule has 0 spiro atoms. The third-order valence-electron chi connectivity index (χ3n) is 6.37. The van der Waals surface area contributed by atoms with E-state index in [1.54, 1.807) is 0 Å². The van der Waals surface area contributed by atoms with E-state index in [1.165, 1.54) is 61.6 Å². The topological polar surface area (TPSA) is 3.24 Å². The third-order valence-corrected chi connectivity index (χ3v) is 6.61. The van der Waals surface area contributed by atoms with Gasteiger partial charge in [-0.2, -0.15) is 0 Å². The molecule has 2 heteroatoms. The first kappa shape index (κ1) is 21.1.